The second kappa shape index (κ2) is 4.30. The van der Waals surface area contributed by atoms with Crippen LogP contribution in [-0.4, -0.2) is 20.0 Å². The Morgan fingerprint density at radius 1 is 1.44 bits per heavy atom. The minimum atomic E-state index is -0.196. The lowest BCUT2D eigenvalue weighted by molar-refractivity contribution is 0.483. The number of rotatable bonds is 3. The van der Waals surface area contributed by atoms with Crippen molar-refractivity contribution in [3.05, 3.63) is 34.9 Å². The molecule has 2 aromatic heterocycles. The number of hydrogen-bond acceptors (Lipinski definition) is 3. The third kappa shape index (κ3) is 2.36. The first-order chi connectivity index (χ1) is 7.65. The van der Waals surface area contributed by atoms with Crippen molar-refractivity contribution >= 4 is 0 Å². The zero-order chi connectivity index (χ0) is 11.5. The van der Waals surface area contributed by atoms with E-state index >= 15 is 0 Å². The molecule has 0 aliphatic rings. The average Bonchev–Trinajstić information content (AvgIpc) is 2.66. The summed E-state index contributed by atoms with van der Waals surface area (Å²) in [6, 6.07) is 3.15. The van der Waals surface area contributed by atoms with Crippen molar-refractivity contribution in [1.29, 1.82) is 0 Å². The van der Waals surface area contributed by atoms with Crippen LogP contribution in [0.3, 0.4) is 0 Å². The fraction of sp³-hybridized carbons (Fsp3) is 0.364. The van der Waals surface area contributed by atoms with Crippen LogP contribution in [0.5, 0.6) is 0 Å². The van der Waals surface area contributed by atoms with Crippen molar-refractivity contribution in [2.24, 2.45) is 5.92 Å². The lowest BCUT2D eigenvalue weighted by Crippen LogP contribution is -2.05. The summed E-state index contributed by atoms with van der Waals surface area (Å²) in [6.45, 7) is 5.16. The molecule has 84 valence electrons. The Labute approximate surface area is 93.1 Å². The highest BCUT2D eigenvalue weighted by Gasteiger charge is 2.04. The summed E-state index contributed by atoms with van der Waals surface area (Å²) in [6.07, 6.45) is 3.68. The Kier molecular flexibility index (Phi) is 2.85. The molecule has 0 bridgehead atoms. The van der Waals surface area contributed by atoms with Gasteiger partial charge in [-0.05, 0) is 12.0 Å². The van der Waals surface area contributed by atoms with Gasteiger partial charge in [-0.3, -0.25) is 9.48 Å². The van der Waals surface area contributed by atoms with Crippen molar-refractivity contribution in [2.45, 2.75) is 20.4 Å². The first-order valence-corrected chi connectivity index (χ1v) is 5.23. The maximum Gasteiger partial charge on any atom is 0.264 e. The summed E-state index contributed by atoms with van der Waals surface area (Å²) in [5.74, 6) is 0.552. The molecule has 0 atom stereocenters. The highest BCUT2D eigenvalue weighted by Crippen LogP contribution is 2.13. The van der Waals surface area contributed by atoms with Gasteiger partial charge in [0.1, 0.15) is 0 Å². The average molecular weight is 218 g/mol. The molecule has 0 amide bonds. The molecule has 2 aromatic rings. The van der Waals surface area contributed by atoms with E-state index in [-0.39, 0.29) is 5.56 Å². The topological polar surface area (TPSA) is 63.6 Å². The van der Waals surface area contributed by atoms with Gasteiger partial charge < -0.3 is 0 Å². The van der Waals surface area contributed by atoms with Gasteiger partial charge in [0, 0.05) is 24.4 Å². The van der Waals surface area contributed by atoms with Gasteiger partial charge in [0.05, 0.1) is 11.9 Å². The van der Waals surface area contributed by atoms with Gasteiger partial charge >= 0.3 is 0 Å². The maximum atomic E-state index is 10.9. The number of aromatic nitrogens is 4. The highest BCUT2D eigenvalue weighted by molar-refractivity contribution is 5.55. The molecule has 1 N–H and O–H groups in total. The van der Waals surface area contributed by atoms with Crippen LogP contribution in [0.1, 0.15) is 13.8 Å². The van der Waals surface area contributed by atoms with E-state index in [0.29, 0.717) is 5.92 Å². The van der Waals surface area contributed by atoms with Gasteiger partial charge in [0.25, 0.3) is 5.56 Å². The van der Waals surface area contributed by atoms with Gasteiger partial charge in [-0.25, -0.2) is 5.10 Å². The minimum absolute atomic E-state index is 0.196. The van der Waals surface area contributed by atoms with Gasteiger partial charge in [-0.15, -0.1) is 0 Å². The summed E-state index contributed by atoms with van der Waals surface area (Å²) < 4.78 is 1.88. The first kappa shape index (κ1) is 10.6. The van der Waals surface area contributed by atoms with E-state index in [1.165, 1.54) is 6.07 Å². The summed E-state index contributed by atoms with van der Waals surface area (Å²) in [4.78, 5) is 10.9. The molecule has 0 aromatic carbocycles. The lowest BCUT2D eigenvalue weighted by Gasteiger charge is -2.03. The SMILES string of the molecule is CC(C)Cn1cc(-c2ccc(=O)[nH]n2)cn1. The molecule has 0 aliphatic carbocycles. The Hall–Kier alpha value is -1.91. The van der Waals surface area contributed by atoms with E-state index in [0.717, 1.165) is 17.8 Å². The van der Waals surface area contributed by atoms with Gasteiger partial charge in [0.2, 0.25) is 0 Å². The predicted octanol–water partition coefficient (Wildman–Crippen LogP) is 1.29. The summed E-state index contributed by atoms with van der Waals surface area (Å²) in [5, 5.41) is 10.6. The number of hydrogen-bond donors (Lipinski definition) is 1. The third-order valence-electron chi connectivity index (χ3n) is 2.16. The number of nitrogens with one attached hydrogen (secondary N) is 1. The van der Waals surface area contributed by atoms with Crippen LogP contribution in [0, 0.1) is 5.92 Å². The van der Waals surface area contributed by atoms with Crippen LogP contribution < -0.4 is 5.56 Å². The third-order valence-corrected chi connectivity index (χ3v) is 2.16. The molecule has 0 spiro atoms. The van der Waals surface area contributed by atoms with Gasteiger partial charge in [-0.1, -0.05) is 13.8 Å². The molecule has 16 heavy (non-hydrogen) atoms. The molecule has 0 unspecified atom stereocenters. The van der Waals surface area contributed by atoms with Crippen LogP contribution in [0.2, 0.25) is 0 Å². The van der Waals surface area contributed by atoms with E-state index in [1.807, 2.05) is 10.9 Å². The van der Waals surface area contributed by atoms with E-state index < -0.39 is 0 Å². The van der Waals surface area contributed by atoms with Crippen molar-refractivity contribution in [3.8, 4) is 11.3 Å². The molecule has 2 heterocycles. The molecule has 0 saturated carbocycles. The largest absolute Gasteiger partial charge is 0.272 e. The van der Waals surface area contributed by atoms with E-state index in [4.69, 9.17) is 0 Å². The first-order valence-electron chi connectivity index (χ1n) is 5.23. The second-order valence-corrected chi connectivity index (χ2v) is 4.15. The van der Waals surface area contributed by atoms with E-state index in [2.05, 4.69) is 29.1 Å². The van der Waals surface area contributed by atoms with Crippen molar-refractivity contribution in [2.75, 3.05) is 0 Å². The fourth-order valence-corrected chi connectivity index (χ4v) is 1.48. The summed E-state index contributed by atoms with van der Waals surface area (Å²) in [5.41, 5.74) is 1.45. The Balaban J connectivity index is 2.24. The predicted molar refractivity (Wildman–Crippen MR) is 60.9 cm³/mol. The molecular formula is C11H14N4O. The van der Waals surface area contributed by atoms with Crippen LogP contribution >= 0.6 is 0 Å². The normalized spacial score (nSPS) is 10.9. The Bertz CT molecular complexity index is 506. The molecule has 0 aliphatic heterocycles. The van der Waals surface area contributed by atoms with Crippen LogP contribution in [-0.2, 0) is 6.54 Å². The molecule has 5 nitrogen and oxygen atoms in total. The van der Waals surface area contributed by atoms with E-state index in [1.54, 1.807) is 12.3 Å². The van der Waals surface area contributed by atoms with Gasteiger partial charge in [-0.2, -0.15) is 10.2 Å². The zero-order valence-electron chi connectivity index (χ0n) is 9.34. The number of H-pyrrole nitrogens is 1. The maximum absolute atomic E-state index is 10.9. The highest BCUT2D eigenvalue weighted by atomic mass is 16.1. The molecule has 2 rings (SSSR count). The Morgan fingerprint density at radius 3 is 2.88 bits per heavy atom. The zero-order valence-corrected chi connectivity index (χ0v) is 9.34. The molecule has 0 fully saturated rings. The van der Waals surface area contributed by atoms with Gasteiger partial charge in [0.15, 0.2) is 0 Å². The Morgan fingerprint density at radius 2 is 2.25 bits per heavy atom. The standard InChI is InChI=1S/C11H14N4O/c1-8(2)6-15-7-9(5-12-15)10-3-4-11(16)14-13-10/h3-5,7-8H,6H2,1-2H3,(H,14,16). The molecule has 5 heteroatoms. The quantitative estimate of drug-likeness (QED) is 0.844. The smallest absolute Gasteiger partial charge is 0.264 e. The molecular weight excluding hydrogens is 204 g/mol. The van der Waals surface area contributed by atoms with Crippen LogP contribution in [0.25, 0.3) is 11.3 Å². The van der Waals surface area contributed by atoms with Crippen molar-refractivity contribution in [1.82, 2.24) is 20.0 Å². The fourth-order valence-electron chi connectivity index (χ4n) is 1.48. The monoisotopic (exact) mass is 218 g/mol. The minimum Gasteiger partial charge on any atom is -0.272 e. The van der Waals surface area contributed by atoms with Crippen LogP contribution in [0.4, 0.5) is 0 Å². The summed E-state index contributed by atoms with van der Waals surface area (Å²) >= 11 is 0. The molecule has 0 saturated heterocycles. The van der Waals surface area contributed by atoms with Crippen molar-refractivity contribution < 1.29 is 0 Å². The summed E-state index contributed by atoms with van der Waals surface area (Å²) in [7, 11) is 0. The second-order valence-electron chi connectivity index (χ2n) is 4.15. The number of nitrogens with zero attached hydrogens (tertiary/aromatic N) is 3. The number of aromatic amines is 1. The van der Waals surface area contributed by atoms with Crippen molar-refractivity contribution in [3.63, 3.8) is 0 Å². The lowest BCUT2D eigenvalue weighted by atomic mass is 10.2. The molecule has 0 radical (unpaired) electrons. The van der Waals surface area contributed by atoms with E-state index in [9.17, 15) is 4.79 Å². The van der Waals surface area contributed by atoms with Crippen LogP contribution in [0.15, 0.2) is 29.3 Å².